The lowest BCUT2D eigenvalue weighted by atomic mass is 10.1. The number of hydrogen-bond acceptors (Lipinski definition) is 3. The number of piperazine rings is 1. The molecule has 20 heavy (non-hydrogen) atoms. The Bertz CT molecular complexity index is 436. The van der Waals surface area contributed by atoms with Crippen LogP contribution in [-0.2, 0) is 6.54 Å². The fraction of sp³-hybridized carbons (Fsp3) is 0.625. The standard InChI is InChI=1S/C16H26FN3/c1-4-18-11-14-15(17)7-6-8-16(14)20-10-9-19(5-2)13(3)12-20/h6-8,13,18H,4-5,9-12H2,1-3H3. The van der Waals surface area contributed by atoms with Crippen molar-refractivity contribution in [2.75, 3.05) is 37.6 Å². The van der Waals surface area contributed by atoms with Gasteiger partial charge in [-0.25, -0.2) is 4.39 Å². The van der Waals surface area contributed by atoms with E-state index in [1.165, 1.54) is 0 Å². The van der Waals surface area contributed by atoms with Gasteiger partial charge in [0.25, 0.3) is 0 Å². The third kappa shape index (κ3) is 3.30. The van der Waals surface area contributed by atoms with Gasteiger partial charge >= 0.3 is 0 Å². The highest BCUT2D eigenvalue weighted by Crippen LogP contribution is 2.25. The average molecular weight is 279 g/mol. The van der Waals surface area contributed by atoms with Gasteiger partial charge in [0.05, 0.1) is 0 Å². The van der Waals surface area contributed by atoms with Gasteiger partial charge in [-0.05, 0) is 32.1 Å². The minimum Gasteiger partial charge on any atom is -0.368 e. The van der Waals surface area contributed by atoms with Crippen molar-refractivity contribution in [3.63, 3.8) is 0 Å². The van der Waals surface area contributed by atoms with Crippen LogP contribution in [-0.4, -0.2) is 43.7 Å². The minimum atomic E-state index is -0.103. The fourth-order valence-electron chi connectivity index (χ4n) is 2.95. The predicted octanol–water partition coefficient (Wildman–Crippen LogP) is 2.47. The largest absolute Gasteiger partial charge is 0.368 e. The number of likely N-dealkylation sites (N-methyl/N-ethyl adjacent to an activating group) is 1. The lowest BCUT2D eigenvalue weighted by Gasteiger charge is -2.41. The molecular formula is C16H26FN3. The van der Waals surface area contributed by atoms with E-state index in [0.29, 0.717) is 12.6 Å². The molecule has 1 N–H and O–H groups in total. The minimum absolute atomic E-state index is 0.103. The first-order valence-electron chi connectivity index (χ1n) is 7.64. The Morgan fingerprint density at radius 3 is 2.75 bits per heavy atom. The van der Waals surface area contributed by atoms with Gasteiger partial charge in [0.15, 0.2) is 0 Å². The number of nitrogens with one attached hydrogen (secondary N) is 1. The van der Waals surface area contributed by atoms with E-state index in [-0.39, 0.29) is 5.82 Å². The first-order chi connectivity index (χ1) is 9.67. The molecule has 1 aromatic carbocycles. The van der Waals surface area contributed by atoms with Crippen LogP contribution < -0.4 is 10.2 Å². The van der Waals surface area contributed by atoms with Crippen molar-refractivity contribution in [1.29, 1.82) is 0 Å². The summed E-state index contributed by atoms with van der Waals surface area (Å²) in [5.74, 6) is -0.103. The van der Waals surface area contributed by atoms with Gasteiger partial charge < -0.3 is 10.2 Å². The van der Waals surface area contributed by atoms with E-state index in [9.17, 15) is 4.39 Å². The molecule has 0 spiro atoms. The summed E-state index contributed by atoms with van der Waals surface area (Å²) in [6, 6.07) is 5.94. The molecule has 112 valence electrons. The Balaban J connectivity index is 2.18. The molecule has 1 fully saturated rings. The number of anilines is 1. The van der Waals surface area contributed by atoms with Gasteiger partial charge in [0, 0.05) is 43.5 Å². The Hall–Kier alpha value is -1.13. The van der Waals surface area contributed by atoms with Crippen molar-refractivity contribution in [2.45, 2.75) is 33.4 Å². The van der Waals surface area contributed by atoms with Crippen LogP contribution in [0.4, 0.5) is 10.1 Å². The van der Waals surface area contributed by atoms with E-state index >= 15 is 0 Å². The van der Waals surface area contributed by atoms with Crippen molar-refractivity contribution in [1.82, 2.24) is 10.2 Å². The molecular weight excluding hydrogens is 253 g/mol. The molecule has 0 amide bonds. The highest BCUT2D eigenvalue weighted by atomic mass is 19.1. The van der Waals surface area contributed by atoms with E-state index in [1.807, 2.05) is 19.1 Å². The zero-order chi connectivity index (χ0) is 14.5. The van der Waals surface area contributed by atoms with E-state index in [2.05, 4.69) is 29.0 Å². The molecule has 1 aromatic rings. The van der Waals surface area contributed by atoms with Crippen LogP contribution in [0.15, 0.2) is 18.2 Å². The molecule has 1 aliphatic rings. The highest BCUT2D eigenvalue weighted by Gasteiger charge is 2.24. The molecule has 0 aromatic heterocycles. The van der Waals surface area contributed by atoms with Crippen LogP contribution >= 0.6 is 0 Å². The summed E-state index contributed by atoms with van der Waals surface area (Å²) in [4.78, 5) is 4.80. The molecule has 0 aliphatic carbocycles. The van der Waals surface area contributed by atoms with Gasteiger partial charge in [-0.3, -0.25) is 4.90 Å². The quantitative estimate of drug-likeness (QED) is 0.893. The van der Waals surface area contributed by atoms with Gasteiger partial charge in [-0.1, -0.05) is 19.9 Å². The summed E-state index contributed by atoms with van der Waals surface area (Å²) >= 11 is 0. The van der Waals surface area contributed by atoms with Crippen molar-refractivity contribution >= 4 is 5.69 Å². The Labute approximate surface area is 121 Å². The molecule has 1 heterocycles. The van der Waals surface area contributed by atoms with E-state index in [4.69, 9.17) is 0 Å². The molecule has 3 nitrogen and oxygen atoms in total. The summed E-state index contributed by atoms with van der Waals surface area (Å²) in [7, 11) is 0. The van der Waals surface area contributed by atoms with E-state index in [1.54, 1.807) is 6.07 Å². The van der Waals surface area contributed by atoms with Crippen LogP contribution in [0.1, 0.15) is 26.3 Å². The number of benzene rings is 1. The molecule has 0 bridgehead atoms. The average Bonchev–Trinajstić information content (AvgIpc) is 2.45. The van der Waals surface area contributed by atoms with Crippen LogP contribution in [0.3, 0.4) is 0 Å². The summed E-state index contributed by atoms with van der Waals surface area (Å²) < 4.78 is 14.1. The molecule has 1 unspecified atom stereocenters. The molecule has 2 rings (SSSR count). The van der Waals surface area contributed by atoms with Gasteiger partial charge in [0.1, 0.15) is 5.82 Å². The van der Waals surface area contributed by atoms with E-state index in [0.717, 1.165) is 44.0 Å². The second-order valence-electron chi connectivity index (χ2n) is 5.44. The topological polar surface area (TPSA) is 18.5 Å². The predicted molar refractivity (Wildman–Crippen MR) is 82.7 cm³/mol. The second kappa shape index (κ2) is 7.04. The smallest absolute Gasteiger partial charge is 0.129 e. The fourth-order valence-corrected chi connectivity index (χ4v) is 2.95. The molecule has 1 atom stereocenters. The molecule has 1 aliphatic heterocycles. The van der Waals surface area contributed by atoms with Crippen LogP contribution in [0.5, 0.6) is 0 Å². The van der Waals surface area contributed by atoms with Gasteiger partial charge in [0.2, 0.25) is 0 Å². The van der Waals surface area contributed by atoms with Crippen molar-refractivity contribution < 1.29 is 4.39 Å². The SMILES string of the molecule is CCNCc1c(F)cccc1N1CCN(CC)C(C)C1. The maximum Gasteiger partial charge on any atom is 0.129 e. The van der Waals surface area contributed by atoms with Gasteiger partial charge in [-0.2, -0.15) is 0 Å². The lowest BCUT2D eigenvalue weighted by molar-refractivity contribution is 0.199. The lowest BCUT2D eigenvalue weighted by Crippen LogP contribution is -2.52. The number of rotatable bonds is 5. The third-order valence-corrected chi connectivity index (χ3v) is 4.16. The first kappa shape index (κ1) is 15.3. The Kier molecular flexibility index (Phi) is 5.38. The van der Waals surface area contributed by atoms with E-state index < -0.39 is 0 Å². The monoisotopic (exact) mass is 279 g/mol. The summed E-state index contributed by atoms with van der Waals surface area (Å²) in [5.41, 5.74) is 1.85. The van der Waals surface area contributed by atoms with Crippen LogP contribution in [0.25, 0.3) is 0 Å². The Morgan fingerprint density at radius 1 is 1.30 bits per heavy atom. The maximum atomic E-state index is 14.1. The highest BCUT2D eigenvalue weighted by molar-refractivity contribution is 5.54. The molecule has 1 saturated heterocycles. The van der Waals surface area contributed by atoms with Crippen LogP contribution in [0, 0.1) is 5.82 Å². The maximum absolute atomic E-state index is 14.1. The number of nitrogens with zero attached hydrogens (tertiary/aromatic N) is 2. The second-order valence-corrected chi connectivity index (χ2v) is 5.44. The van der Waals surface area contributed by atoms with Crippen molar-refractivity contribution in [3.8, 4) is 0 Å². The first-order valence-corrected chi connectivity index (χ1v) is 7.64. The summed E-state index contributed by atoms with van der Waals surface area (Å²) in [6.45, 7) is 12.0. The molecule has 4 heteroatoms. The summed E-state index contributed by atoms with van der Waals surface area (Å²) in [6.07, 6.45) is 0. The third-order valence-electron chi connectivity index (χ3n) is 4.16. The normalized spacial score (nSPS) is 20.4. The van der Waals surface area contributed by atoms with Crippen molar-refractivity contribution in [3.05, 3.63) is 29.6 Å². The molecule has 0 radical (unpaired) electrons. The van der Waals surface area contributed by atoms with Crippen molar-refractivity contribution in [2.24, 2.45) is 0 Å². The number of hydrogen-bond donors (Lipinski definition) is 1. The zero-order valence-electron chi connectivity index (χ0n) is 12.8. The molecule has 0 saturated carbocycles. The van der Waals surface area contributed by atoms with Gasteiger partial charge in [-0.15, -0.1) is 0 Å². The zero-order valence-corrected chi connectivity index (χ0v) is 12.8. The Morgan fingerprint density at radius 2 is 2.10 bits per heavy atom. The summed E-state index contributed by atoms with van der Waals surface area (Å²) in [5, 5.41) is 3.24. The number of halogens is 1. The van der Waals surface area contributed by atoms with Crippen LogP contribution in [0.2, 0.25) is 0 Å².